The zero-order valence-electron chi connectivity index (χ0n) is 16.5. The molecule has 0 bridgehead atoms. The van der Waals surface area contributed by atoms with E-state index < -0.39 is 0 Å². The number of fused-ring (bicyclic) bond motifs is 1. The van der Waals surface area contributed by atoms with Crippen LogP contribution in [0.15, 0.2) is 39.9 Å². The van der Waals surface area contributed by atoms with Crippen LogP contribution in [0.3, 0.4) is 0 Å². The fourth-order valence-corrected chi connectivity index (χ4v) is 3.48. The second-order valence-corrected chi connectivity index (χ2v) is 7.94. The zero-order chi connectivity index (χ0) is 21.3. The Morgan fingerprint density at radius 3 is 2.83 bits per heavy atom. The van der Waals surface area contributed by atoms with Gasteiger partial charge in [-0.25, -0.2) is 0 Å². The summed E-state index contributed by atoms with van der Waals surface area (Å²) >= 11 is 6.35. The SMILES string of the molecule is Cn1c(C#N)ccc(NCCc2cc3cc(Cl)c(OCC4CC4)cc3[nH]c2=O)c1=O. The van der Waals surface area contributed by atoms with Gasteiger partial charge in [-0.1, -0.05) is 11.6 Å². The van der Waals surface area contributed by atoms with Crippen LogP contribution in [0.1, 0.15) is 24.1 Å². The number of nitriles is 1. The van der Waals surface area contributed by atoms with Crippen LogP contribution >= 0.6 is 11.6 Å². The first-order valence-corrected chi connectivity index (χ1v) is 10.2. The lowest BCUT2D eigenvalue weighted by Crippen LogP contribution is -2.24. The highest BCUT2D eigenvalue weighted by atomic mass is 35.5. The average Bonchev–Trinajstić information content (AvgIpc) is 3.55. The Morgan fingerprint density at radius 1 is 1.30 bits per heavy atom. The summed E-state index contributed by atoms with van der Waals surface area (Å²) in [7, 11) is 1.55. The first-order chi connectivity index (χ1) is 14.5. The number of benzene rings is 1. The van der Waals surface area contributed by atoms with Crippen molar-refractivity contribution < 1.29 is 4.74 Å². The largest absolute Gasteiger partial charge is 0.492 e. The van der Waals surface area contributed by atoms with E-state index in [2.05, 4.69) is 10.3 Å². The molecule has 3 aromatic rings. The number of rotatable bonds is 7. The summed E-state index contributed by atoms with van der Waals surface area (Å²) in [6, 6.07) is 10.5. The van der Waals surface area contributed by atoms with Gasteiger partial charge < -0.3 is 19.6 Å². The van der Waals surface area contributed by atoms with Crippen LogP contribution in [0.2, 0.25) is 5.02 Å². The van der Waals surface area contributed by atoms with Gasteiger partial charge in [0.2, 0.25) is 0 Å². The number of H-pyrrole nitrogens is 1. The summed E-state index contributed by atoms with van der Waals surface area (Å²) in [4.78, 5) is 27.6. The van der Waals surface area contributed by atoms with E-state index >= 15 is 0 Å². The van der Waals surface area contributed by atoms with Gasteiger partial charge in [-0.3, -0.25) is 9.59 Å². The smallest absolute Gasteiger partial charge is 0.274 e. The second kappa shape index (κ2) is 8.25. The minimum absolute atomic E-state index is 0.188. The summed E-state index contributed by atoms with van der Waals surface area (Å²) in [5.41, 5.74) is 1.46. The van der Waals surface area contributed by atoms with Crippen LogP contribution in [0, 0.1) is 17.2 Å². The van der Waals surface area contributed by atoms with Crippen molar-refractivity contribution in [2.45, 2.75) is 19.3 Å². The second-order valence-electron chi connectivity index (χ2n) is 7.53. The number of anilines is 1. The predicted molar refractivity (Wildman–Crippen MR) is 116 cm³/mol. The Labute approximate surface area is 177 Å². The number of pyridine rings is 2. The number of hydrogen-bond donors (Lipinski definition) is 2. The summed E-state index contributed by atoms with van der Waals surface area (Å²) in [5.74, 6) is 1.19. The number of aromatic amines is 1. The molecule has 1 saturated carbocycles. The predicted octanol–water partition coefficient (Wildman–Crippen LogP) is 3.20. The highest BCUT2D eigenvalue weighted by Crippen LogP contribution is 2.33. The van der Waals surface area contributed by atoms with Crippen molar-refractivity contribution in [3.05, 3.63) is 67.3 Å². The summed E-state index contributed by atoms with van der Waals surface area (Å²) in [5, 5.41) is 13.4. The third kappa shape index (κ3) is 4.19. The molecule has 0 radical (unpaired) electrons. The highest BCUT2D eigenvalue weighted by Gasteiger charge is 2.22. The molecule has 7 nitrogen and oxygen atoms in total. The third-order valence-corrected chi connectivity index (χ3v) is 5.57. The molecule has 4 rings (SSSR count). The molecular formula is C22H21ClN4O3. The van der Waals surface area contributed by atoms with Crippen LogP contribution in [0.4, 0.5) is 5.69 Å². The molecule has 2 aromatic heterocycles. The zero-order valence-corrected chi connectivity index (χ0v) is 17.3. The van der Waals surface area contributed by atoms with Crippen molar-refractivity contribution >= 4 is 28.2 Å². The first kappa shape index (κ1) is 20.0. The Bertz CT molecular complexity index is 1270. The summed E-state index contributed by atoms with van der Waals surface area (Å²) in [6.07, 6.45) is 2.80. The molecule has 0 saturated heterocycles. The van der Waals surface area contributed by atoms with E-state index in [4.69, 9.17) is 21.6 Å². The van der Waals surface area contributed by atoms with Gasteiger partial charge in [0, 0.05) is 30.6 Å². The topological polar surface area (TPSA) is 99.9 Å². The number of nitrogens with one attached hydrogen (secondary N) is 2. The Hall–Kier alpha value is -3.24. The van der Waals surface area contributed by atoms with Gasteiger partial charge in [0.15, 0.2) is 0 Å². The molecule has 0 aliphatic heterocycles. The Morgan fingerprint density at radius 2 is 2.10 bits per heavy atom. The van der Waals surface area contributed by atoms with Crippen molar-refractivity contribution in [1.29, 1.82) is 5.26 Å². The maximum Gasteiger partial charge on any atom is 0.274 e. The fraction of sp³-hybridized carbons (Fsp3) is 0.318. The van der Waals surface area contributed by atoms with Crippen molar-refractivity contribution in [3.8, 4) is 11.8 Å². The van der Waals surface area contributed by atoms with Crippen molar-refractivity contribution in [1.82, 2.24) is 9.55 Å². The van der Waals surface area contributed by atoms with Gasteiger partial charge >= 0.3 is 0 Å². The average molecular weight is 425 g/mol. The van der Waals surface area contributed by atoms with Gasteiger partial charge in [0.05, 0.1) is 17.1 Å². The van der Waals surface area contributed by atoms with E-state index in [1.807, 2.05) is 12.1 Å². The molecule has 154 valence electrons. The number of aromatic nitrogens is 2. The molecular weight excluding hydrogens is 404 g/mol. The molecule has 0 amide bonds. The molecule has 0 spiro atoms. The minimum Gasteiger partial charge on any atom is -0.492 e. The molecule has 30 heavy (non-hydrogen) atoms. The van der Waals surface area contributed by atoms with Gasteiger partial charge in [0.25, 0.3) is 11.1 Å². The van der Waals surface area contributed by atoms with Crippen LogP contribution in [-0.2, 0) is 13.5 Å². The molecule has 0 unspecified atom stereocenters. The van der Waals surface area contributed by atoms with Crippen LogP contribution in [0.5, 0.6) is 5.75 Å². The summed E-state index contributed by atoms with van der Waals surface area (Å²) in [6.45, 7) is 1.04. The van der Waals surface area contributed by atoms with Gasteiger partial charge in [-0.2, -0.15) is 5.26 Å². The molecule has 8 heteroatoms. The van der Waals surface area contributed by atoms with E-state index in [0.717, 1.165) is 5.39 Å². The lowest BCUT2D eigenvalue weighted by atomic mass is 10.1. The van der Waals surface area contributed by atoms with Crippen molar-refractivity contribution in [2.24, 2.45) is 13.0 Å². The number of ether oxygens (including phenoxy) is 1. The lowest BCUT2D eigenvalue weighted by molar-refractivity contribution is 0.300. The first-order valence-electron chi connectivity index (χ1n) is 9.78. The molecule has 0 atom stereocenters. The molecule has 1 fully saturated rings. The molecule has 2 heterocycles. The maximum atomic E-state index is 12.5. The normalized spacial score (nSPS) is 13.2. The standard InChI is InChI=1S/C22H21ClN4O3/c1-27-16(11-24)4-5-18(22(27)29)25-7-6-14-8-15-9-17(23)20(30-12-13-2-3-13)10-19(15)26-21(14)28/h4-5,8-10,13,25H,2-3,6-7,12H2,1H3,(H,26,28). The number of nitrogens with zero attached hydrogens (tertiary/aromatic N) is 2. The number of halogens is 1. The van der Waals surface area contributed by atoms with Crippen LogP contribution in [-0.4, -0.2) is 22.7 Å². The van der Waals surface area contributed by atoms with Crippen molar-refractivity contribution in [3.63, 3.8) is 0 Å². The van der Waals surface area contributed by atoms with Gasteiger partial charge in [-0.15, -0.1) is 0 Å². The Balaban J connectivity index is 1.49. The van der Waals surface area contributed by atoms with E-state index in [0.29, 0.717) is 53.0 Å². The highest BCUT2D eigenvalue weighted by molar-refractivity contribution is 6.32. The van der Waals surface area contributed by atoms with E-state index in [1.54, 1.807) is 31.3 Å². The maximum absolute atomic E-state index is 12.5. The van der Waals surface area contributed by atoms with Crippen LogP contribution in [0.25, 0.3) is 10.9 Å². The van der Waals surface area contributed by atoms with Gasteiger partial charge in [-0.05, 0) is 49.4 Å². The van der Waals surface area contributed by atoms with E-state index in [9.17, 15) is 9.59 Å². The number of hydrogen-bond acceptors (Lipinski definition) is 5. The molecule has 2 N–H and O–H groups in total. The minimum atomic E-state index is -0.285. The van der Waals surface area contributed by atoms with Crippen molar-refractivity contribution in [2.75, 3.05) is 18.5 Å². The van der Waals surface area contributed by atoms with E-state index in [1.165, 1.54) is 17.4 Å². The quantitative estimate of drug-likeness (QED) is 0.606. The monoisotopic (exact) mass is 424 g/mol. The van der Waals surface area contributed by atoms with Crippen LogP contribution < -0.4 is 21.2 Å². The Kier molecular flexibility index (Phi) is 5.51. The summed E-state index contributed by atoms with van der Waals surface area (Å²) < 4.78 is 7.06. The van der Waals surface area contributed by atoms with E-state index in [-0.39, 0.29) is 16.8 Å². The molecule has 1 aliphatic rings. The molecule has 1 aliphatic carbocycles. The fourth-order valence-electron chi connectivity index (χ4n) is 3.25. The lowest BCUT2D eigenvalue weighted by Gasteiger charge is -2.11. The van der Waals surface area contributed by atoms with Gasteiger partial charge in [0.1, 0.15) is 23.2 Å². The molecule has 1 aromatic carbocycles. The third-order valence-electron chi connectivity index (χ3n) is 5.27.